The number of hydrogen-bond donors (Lipinski definition) is 0. The van der Waals surface area contributed by atoms with Gasteiger partial charge in [-0.15, -0.1) is 10.2 Å². The van der Waals surface area contributed by atoms with Crippen LogP contribution in [-0.4, -0.2) is 19.9 Å². The summed E-state index contributed by atoms with van der Waals surface area (Å²) in [4.78, 5) is 0. The van der Waals surface area contributed by atoms with E-state index in [9.17, 15) is 0 Å². The largest absolute Gasteiger partial charge is 0.364 e. The van der Waals surface area contributed by atoms with E-state index >= 15 is 0 Å². The fourth-order valence-corrected chi connectivity index (χ4v) is 3.40. The summed E-state index contributed by atoms with van der Waals surface area (Å²) in [5.41, 5.74) is 4.68. The van der Waals surface area contributed by atoms with Gasteiger partial charge in [0.05, 0.1) is 5.69 Å². The summed E-state index contributed by atoms with van der Waals surface area (Å²) >= 11 is 0. The maximum atomic E-state index is 4.96. The van der Waals surface area contributed by atoms with Gasteiger partial charge in [0.15, 0.2) is 11.5 Å². The molecule has 1 aliphatic heterocycles. The lowest BCUT2D eigenvalue weighted by Gasteiger charge is -2.21. The van der Waals surface area contributed by atoms with Crippen LogP contribution in [0.5, 0.6) is 0 Å². The van der Waals surface area contributed by atoms with Crippen molar-refractivity contribution in [2.75, 3.05) is 0 Å². The molecule has 0 bridgehead atoms. The van der Waals surface area contributed by atoms with E-state index in [1.54, 1.807) is 6.26 Å². The van der Waals surface area contributed by atoms with Gasteiger partial charge in [-0.3, -0.25) is 4.57 Å². The van der Waals surface area contributed by atoms with Gasteiger partial charge in [0.25, 0.3) is 0 Å². The third kappa shape index (κ3) is 2.36. The molecule has 23 heavy (non-hydrogen) atoms. The van der Waals surface area contributed by atoms with Gasteiger partial charge >= 0.3 is 0 Å². The predicted octanol–water partition coefficient (Wildman–Crippen LogP) is 3.92. The van der Waals surface area contributed by atoms with E-state index in [0.717, 1.165) is 30.2 Å². The fraction of sp³-hybridized carbons (Fsp3) is 0.389. The van der Waals surface area contributed by atoms with E-state index in [1.165, 1.54) is 29.7 Å². The van der Waals surface area contributed by atoms with Gasteiger partial charge in [0, 0.05) is 12.5 Å². The van der Waals surface area contributed by atoms with Crippen LogP contribution in [0, 0.1) is 0 Å². The topological polar surface area (TPSA) is 56.7 Å². The average molecular weight is 308 g/mol. The third-order valence-corrected chi connectivity index (χ3v) is 4.65. The number of hydrogen-bond acceptors (Lipinski definition) is 4. The molecule has 1 unspecified atom stereocenters. The van der Waals surface area contributed by atoms with Crippen molar-refractivity contribution in [2.24, 2.45) is 0 Å². The second kappa shape index (κ2) is 5.65. The van der Waals surface area contributed by atoms with Crippen LogP contribution < -0.4 is 0 Å². The molecule has 1 aliphatic rings. The zero-order chi connectivity index (χ0) is 15.8. The molecule has 118 valence electrons. The van der Waals surface area contributed by atoms with Crippen LogP contribution in [0.25, 0.3) is 17.2 Å². The van der Waals surface area contributed by atoms with Crippen molar-refractivity contribution in [1.29, 1.82) is 0 Å². The highest BCUT2D eigenvalue weighted by molar-refractivity contribution is 5.57. The Morgan fingerprint density at radius 3 is 2.91 bits per heavy atom. The molecule has 4 rings (SSSR count). The van der Waals surface area contributed by atoms with Gasteiger partial charge in [-0.05, 0) is 36.0 Å². The third-order valence-electron chi connectivity index (χ3n) is 4.65. The quantitative estimate of drug-likeness (QED) is 0.733. The molecule has 5 nitrogen and oxygen atoms in total. The first-order valence-electron chi connectivity index (χ1n) is 8.26. The summed E-state index contributed by atoms with van der Waals surface area (Å²) in [5, 5.41) is 12.7. The Labute approximate surface area is 135 Å². The molecular formula is C18H20N4O. The molecule has 0 N–H and O–H groups in total. The van der Waals surface area contributed by atoms with Crippen LogP contribution in [0.2, 0.25) is 0 Å². The van der Waals surface area contributed by atoms with E-state index < -0.39 is 0 Å². The molecule has 3 heterocycles. The molecule has 1 atom stereocenters. The first kappa shape index (κ1) is 14.2. The fourth-order valence-electron chi connectivity index (χ4n) is 3.40. The zero-order valence-corrected chi connectivity index (χ0v) is 13.5. The number of benzene rings is 1. The minimum Gasteiger partial charge on any atom is -0.364 e. The van der Waals surface area contributed by atoms with Crippen molar-refractivity contribution >= 4 is 0 Å². The molecule has 0 radical (unpaired) electrons. The molecule has 3 aromatic rings. The summed E-state index contributed by atoms with van der Waals surface area (Å²) < 4.78 is 7.08. The van der Waals surface area contributed by atoms with Crippen molar-refractivity contribution in [3.63, 3.8) is 0 Å². The first-order valence-corrected chi connectivity index (χ1v) is 8.26. The Kier molecular flexibility index (Phi) is 3.48. The standard InChI is InChI=1S/C18H20N4O/c1-3-4-12(2)13-5-7-16-14(11-13)6-8-17-19-20-18(22(16)17)15-9-10-23-21-15/h5,7,9-12H,3-4,6,8H2,1-2H3. The van der Waals surface area contributed by atoms with Crippen molar-refractivity contribution in [3.05, 3.63) is 47.5 Å². The maximum Gasteiger partial charge on any atom is 0.190 e. The Morgan fingerprint density at radius 2 is 2.13 bits per heavy atom. The lowest BCUT2D eigenvalue weighted by molar-refractivity contribution is 0.421. The summed E-state index contributed by atoms with van der Waals surface area (Å²) in [6.07, 6.45) is 5.92. The van der Waals surface area contributed by atoms with E-state index in [2.05, 4.69) is 52.0 Å². The molecule has 0 fully saturated rings. The molecule has 0 spiro atoms. The zero-order valence-electron chi connectivity index (χ0n) is 13.5. The molecule has 0 aliphatic carbocycles. The van der Waals surface area contributed by atoms with Gasteiger partial charge in [-0.25, -0.2) is 0 Å². The van der Waals surface area contributed by atoms with Crippen molar-refractivity contribution in [2.45, 2.75) is 45.4 Å². The van der Waals surface area contributed by atoms with E-state index in [1.807, 2.05) is 6.07 Å². The van der Waals surface area contributed by atoms with Crippen LogP contribution in [0.3, 0.4) is 0 Å². The van der Waals surface area contributed by atoms with Gasteiger partial charge in [-0.1, -0.05) is 37.6 Å². The van der Waals surface area contributed by atoms with Gasteiger partial charge < -0.3 is 4.52 Å². The van der Waals surface area contributed by atoms with Crippen molar-refractivity contribution in [1.82, 2.24) is 19.9 Å². The lowest BCUT2D eigenvalue weighted by Crippen LogP contribution is -2.14. The highest BCUT2D eigenvalue weighted by atomic mass is 16.5. The first-order chi connectivity index (χ1) is 11.3. The van der Waals surface area contributed by atoms with Crippen molar-refractivity contribution in [3.8, 4) is 17.2 Å². The van der Waals surface area contributed by atoms with E-state index in [0.29, 0.717) is 5.92 Å². The number of rotatable bonds is 4. The normalized spacial score (nSPS) is 14.3. The maximum absolute atomic E-state index is 4.96. The summed E-state index contributed by atoms with van der Waals surface area (Å²) in [5.74, 6) is 2.34. The Hall–Kier alpha value is -2.43. The van der Waals surface area contributed by atoms with Gasteiger partial charge in [-0.2, -0.15) is 0 Å². The SMILES string of the molecule is CCCC(C)c1ccc2c(c1)CCc1nnc(-c3ccon3)n1-2. The van der Waals surface area contributed by atoms with E-state index in [-0.39, 0.29) is 0 Å². The van der Waals surface area contributed by atoms with Gasteiger partial charge in [0.2, 0.25) is 0 Å². The number of aromatic nitrogens is 4. The smallest absolute Gasteiger partial charge is 0.190 e. The summed E-state index contributed by atoms with van der Waals surface area (Å²) in [6.45, 7) is 4.54. The Bertz CT molecular complexity index is 820. The second-order valence-electron chi connectivity index (χ2n) is 6.24. The second-order valence-corrected chi connectivity index (χ2v) is 6.24. The average Bonchev–Trinajstić information content (AvgIpc) is 3.23. The highest BCUT2D eigenvalue weighted by Gasteiger charge is 2.23. The molecule has 1 aromatic carbocycles. The van der Waals surface area contributed by atoms with Crippen LogP contribution in [-0.2, 0) is 12.8 Å². The van der Waals surface area contributed by atoms with Crippen LogP contribution in [0.4, 0.5) is 0 Å². The minimum atomic E-state index is 0.600. The Balaban J connectivity index is 1.79. The molecule has 0 saturated heterocycles. The monoisotopic (exact) mass is 308 g/mol. The number of nitrogens with zero attached hydrogens (tertiary/aromatic N) is 4. The van der Waals surface area contributed by atoms with Crippen LogP contribution >= 0.6 is 0 Å². The lowest BCUT2D eigenvalue weighted by atomic mass is 9.92. The van der Waals surface area contributed by atoms with Crippen LogP contribution in [0.15, 0.2) is 35.1 Å². The number of aryl methyl sites for hydroxylation is 2. The minimum absolute atomic E-state index is 0.600. The van der Waals surface area contributed by atoms with Crippen molar-refractivity contribution < 1.29 is 4.52 Å². The molecule has 0 amide bonds. The Morgan fingerprint density at radius 1 is 1.22 bits per heavy atom. The predicted molar refractivity (Wildman–Crippen MR) is 87.6 cm³/mol. The summed E-state index contributed by atoms with van der Waals surface area (Å²) in [6, 6.07) is 8.61. The van der Waals surface area contributed by atoms with Crippen LogP contribution in [0.1, 0.15) is 49.6 Å². The molecular weight excluding hydrogens is 288 g/mol. The number of fused-ring (bicyclic) bond motifs is 3. The summed E-state index contributed by atoms with van der Waals surface area (Å²) in [7, 11) is 0. The highest BCUT2D eigenvalue weighted by Crippen LogP contribution is 2.32. The van der Waals surface area contributed by atoms with E-state index in [4.69, 9.17) is 4.52 Å². The van der Waals surface area contributed by atoms with Gasteiger partial charge in [0.1, 0.15) is 12.1 Å². The molecule has 5 heteroatoms. The molecule has 0 saturated carbocycles. The molecule has 2 aromatic heterocycles.